The lowest BCUT2D eigenvalue weighted by molar-refractivity contribution is -0.469. The second kappa shape index (κ2) is 3.84. The smallest absolute Gasteiger partial charge is 0.236 e. The van der Waals surface area contributed by atoms with Crippen LogP contribution in [-0.2, 0) is 9.47 Å². The zero-order valence-electron chi connectivity index (χ0n) is 16.9. The Balaban J connectivity index is 1.83. The van der Waals surface area contributed by atoms with Gasteiger partial charge in [-0.2, -0.15) is 0 Å². The van der Waals surface area contributed by atoms with E-state index < -0.39 is 62.4 Å². The molecule has 5 rings (SSSR count). The maximum Gasteiger partial charge on any atom is 0.236 e. The Kier molecular flexibility index (Phi) is 2.53. The van der Waals surface area contributed by atoms with Crippen molar-refractivity contribution in [1.82, 2.24) is 0 Å². The lowest BCUT2D eigenvalue weighted by atomic mass is 9.37. The van der Waals surface area contributed by atoms with Gasteiger partial charge in [-0.15, -0.1) is 0 Å². The van der Waals surface area contributed by atoms with E-state index in [0.717, 1.165) is 0 Å². The second-order valence-corrected chi connectivity index (χ2v) is 11.1. The Morgan fingerprint density at radius 1 is 0.929 bits per heavy atom. The molecule has 2 saturated heterocycles. The van der Waals surface area contributed by atoms with Gasteiger partial charge in [-0.05, 0) is 31.6 Å². The summed E-state index contributed by atoms with van der Waals surface area (Å²) in [5.41, 5.74) is -13.4. The van der Waals surface area contributed by atoms with Gasteiger partial charge in [0.1, 0.15) is 11.2 Å². The fourth-order valence-corrected chi connectivity index (χ4v) is 9.34. The van der Waals surface area contributed by atoms with Crippen LogP contribution in [0.3, 0.4) is 0 Å². The third-order valence-electron chi connectivity index (χ3n) is 10.6. The fourth-order valence-electron chi connectivity index (χ4n) is 9.34. The van der Waals surface area contributed by atoms with Crippen molar-refractivity contribution in [2.45, 2.75) is 99.1 Å². The van der Waals surface area contributed by atoms with Crippen molar-refractivity contribution in [2.75, 3.05) is 0 Å². The molecule has 0 radical (unpaired) electrons. The predicted octanol–water partition coefficient (Wildman–Crippen LogP) is -1.01. The maximum absolute atomic E-state index is 12.1. The minimum Gasteiger partial charge on any atom is -0.386 e. The van der Waals surface area contributed by atoms with Gasteiger partial charge in [-0.25, -0.2) is 0 Å². The van der Waals surface area contributed by atoms with Crippen molar-refractivity contribution >= 4 is 0 Å². The van der Waals surface area contributed by atoms with Crippen molar-refractivity contribution in [2.24, 2.45) is 23.2 Å². The summed E-state index contributed by atoms with van der Waals surface area (Å²) in [4.78, 5) is 0. The van der Waals surface area contributed by atoms with Gasteiger partial charge >= 0.3 is 0 Å². The van der Waals surface area contributed by atoms with Crippen molar-refractivity contribution in [3.8, 4) is 0 Å². The first-order valence-electron chi connectivity index (χ1n) is 10.3. The Bertz CT molecular complexity index is 850. The molecule has 6 N–H and O–H groups in total. The van der Waals surface area contributed by atoms with Gasteiger partial charge in [0.15, 0.2) is 16.8 Å². The number of aliphatic hydroxyl groups is 6. The minimum absolute atomic E-state index is 0.0777. The average Bonchev–Trinajstić information content (AvgIpc) is 3.05. The first-order valence-corrected chi connectivity index (χ1v) is 10.3. The molecule has 0 amide bonds. The van der Waals surface area contributed by atoms with Crippen LogP contribution >= 0.6 is 0 Å². The van der Waals surface area contributed by atoms with Crippen molar-refractivity contribution in [3.05, 3.63) is 0 Å². The summed E-state index contributed by atoms with van der Waals surface area (Å²) in [6.07, 6.45) is 0.395. The third-order valence-corrected chi connectivity index (χ3v) is 10.6. The molecule has 8 heteroatoms. The topological polar surface area (TPSA) is 140 Å². The van der Waals surface area contributed by atoms with E-state index in [1.165, 1.54) is 6.92 Å². The van der Waals surface area contributed by atoms with E-state index in [4.69, 9.17) is 9.47 Å². The van der Waals surface area contributed by atoms with Gasteiger partial charge in [0, 0.05) is 11.8 Å². The van der Waals surface area contributed by atoms with Crippen LogP contribution < -0.4 is 0 Å². The summed E-state index contributed by atoms with van der Waals surface area (Å²) in [5.74, 6) is -6.78. The van der Waals surface area contributed by atoms with Crippen molar-refractivity contribution < 1.29 is 40.1 Å². The SMILES string of the molecule is CC(C)[C@@]12C[C@@]3(O)[C@@]4(C)C1C1(O)O[C@](O)([C@]5(O)[C@H](C)CC[C@]45O)[C@@]3(O)[C@]1(C)O2. The molecule has 2 unspecified atom stereocenters. The summed E-state index contributed by atoms with van der Waals surface area (Å²) in [6, 6.07) is 0. The van der Waals surface area contributed by atoms with E-state index >= 15 is 0 Å². The van der Waals surface area contributed by atoms with Crippen molar-refractivity contribution in [1.29, 1.82) is 0 Å². The Morgan fingerprint density at radius 2 is 1.54 bits per heavy atom. The van der Waals surface area contributed by atoms with Crippen LogP contribution in [-0.4, -0.2) is 75.8 Å². The molecule has 0 spiro atoms. The molecule has 5 aliphatic rings. The van der Waals surface area contributed by atoms with Crippen LogP contribution in [0.5, 0.6) is 0 Å². The van der Waals surface area contributed by atoms with Crippen LogP contribution in [0.1, 0.15) is 53.9 Å². The number of ether oxygens (including phenoxy) is 2. The standard InChI is InChI=1S/C20H30O8/c1-9(2)14-8-16(22)12(4)11(14)18(24)13(5,27-14)19(16,25)20(26,28-18)17(23)10(3)6-7-15(12,17)21/h9-11,21-26H,6-8H2,1-5H3/t10-,11?,12+,13-,14+,15+,16-,17+,18?,19-,20-/m1/s1. The first kappa shape index (κ1) is 18.4. The summed E-state index contributed by atoms with van der Waals surface area (Å²) in [5, 5.41) is 71.8. The number of rotatable bonds is 1. The van der Waals surface area contributed by atoms with E-state index in [9.17, 15) is 30.6 Å². The molecule has 0 aromatic heterocycles. The van der Waals surface area contributed by atoms with Crippen LogP contribution in [0, 0.1) is 23.2 Å². The Morgan fingerprint density at radius 3 is 2.11 bits per heavy atom. The van der Waals surface area contributed by atoms with Crippen LogP contribution in [0.4, 0.5) is 0 Å². The van der Waals surface area contributed by atoms with E-state index in [2.05, 4.69) is 0 Å². The molecule has 2 aliphatic heterocycles. The highest BCUT2D eigenvalue weighted by molar-refractivity contribution is 5.54. The van der Waals surface area contributed by atoms with E-state index in [1.807, 2.05) is 13.8 Å². The van der Waals surface area contributed by atoms with E-state index in [-0.39, 0.29) is 18.8 Å². The zero-order chi connectivity index (χ0) is 20.8. The second-order valence-electron chi connectivity index (χ2n) is 11.1. The van der Waals surface area contributed by atoms with Crippen LogP contribution in [0.15, 0.2) is 0 Å². The highest BCUT2D eigenvalue weighted by Crippen LogP contribution is 2.91. The summed E-state index contributed by atoms with van der Waals surface area (Å²) < 4.78 is 12.2. The molecule has 5 fully saturated rings. The van der Waals surface area contributed by atoms with E-state index in [0.29, 0.717) is 6.42 Å². The maximum atomic E-state index is 12.1. The van der Waals surface area contributed by atoms with Gasteiger partial charge in [0.2, 0.25) is 11.6 Å². The molecule has 0 bridgehead atoms. The largest absolute Gasteiger partial charge is 0.386 e. The molecule has 3 aliphatic carbocycles. The van der Waals surface area contributed by atoms with E-state index in [1.54, 1.807) is 13.8 Å². The molecule has 2 heterocycles. The predicted molar refractivity (Wildman–Crippen MR) is 92.5 cm³/mol. The minimum atomic E-state index is -2.80. The number of hydrogen-bond acceptors (Lipinski definition) is 8. The normalized spacial score (nSPS) is 75.9. The molecular weight excluding hydrogens is 368 g/mol. The summed E-state index contributed by atoms with van der Waals surface area (Å²) >= 11 is 0. The fraction of sp³-hybridized carbons (Fsp3) is 1.00. The third kappa shape index (κ3) is 0.990. The monoisotopic (exact) mass is 398 g/mol. The van der Waals surface area contributed by atoms with Crippen LogP contribution in [0.2, 0.25) is 0 Å². The van der Waals surface area contributed by atoms with Crippen molar-refractivity contribution in [3.63, 3.8) is 0 Å². The average molecular weight is 398 g/mol. The van der Waals surface area contributed by atoms with Gasteiger partial charge in [0.05, 0.1) is 11.5 Å². The zero-order valence-corrected chi connectivity index (χ0v) is 16.9. The molecule has 0 aromatic carbocycles. The molecule has 158 valence electrons. The van der Waals surface area contributed by atoms with Gasteiger partial charge < -0.3 is 40.1 Å². The number of hydrogen-bond donors (Lipinski definition) is 6. The summed E-state index contributed by atoms with van der Waals surface area (Å²) in [7, 11) is 0. The lowest BCUT2D eigenvalue weighted by Gasteiger charge is -2.72. The number of fused-ring (bicyclic) bond motifs is 11. The summed E-state index contributed by atoms with van der Waals surface area (Å²) in [6.45, 7) is 8.50. The molecule has 0 aromatic rings. The quantitative estimate of drug-likeness (QED) is 0.309. The first-order chi connectivity index (χ1) is 12.6. The Hall–Kier alpha value is -0.320. The van der Waals surface area contributed by atoms with Gasteiger partial charge in [0.25, 0.3) is 0 Å². The van der Waals surface area contributed by atoms with Gasteiger partial charge in [-0.1, -0.05) is 27.7 Å². The Labute approximate surface area is 163 Å². The highest BCUT2D eigenvalue weighted by atomic mass is 16.8. The molecule has 28 heavy (non-hydrogen) atoms. The lowest BCUT2D eigenvalue weighted by Crippen LogP contribution is -2.95. The van der Waals surface area contributed by atoms with Crippen LogP contribution in [0.25, 0.3) is 0 Å². The van der Waals surface area contributed by atoms with Gasteiger partial charge in [-0.3, -0.25) is 0 Å². The molecule has 8 nitrogen and oxygen atoms in total. The molecular formula is C20H30O8. The molecule has 11 atom stereocenters. The molecule has 3 saturated carbocycles. The highest BCUT2D eigenvalue weighted by Gasteiger charge is 3.10.